The standard InChI is InChI=1S/C30H40N2O3Si/c1-30(2,3)36(5,6)35-27-15-9-12-24(19-27)32(22-23-11-10-18-31-21-23)25-16-17-28(33-4)29(20-25)34-26-13-7-8-14-26/h9-12,15-21,26H,7-8,13-14,22H2,1-6H3. The van der Waals surface area contributed by atoms with Crippen molar-refractivity contribution in [3.05, 3.63) is 72.6 Å². The zero-order valence-electron chi connectivity index (χ0n) is 22.6. The Morgan fingerprint density at radius 3 is 2.36 bits per heavy atom. The molecule has 0 saturated heterocycles. The second-order valence-corrected chi connectivity index (χ2v) is 15.9. The van der Waals surface area contributed by atoms with Crippen LogP contribution in [0, 0.1) is 0 Å². The number of methoxy groups -OCH3 is 1. The monoisotopic (exact) mass is 504 g/mol. The SMILES string of the molecule is COc1ccc(N(Cc2cccnc2)c2cccc(O[Si](C)(C)C(C)(C)C)c2)cc1OC1CCCC1. The first-order valence-corrected chi connectivity index (χ1v) is 15.9. The Morgan fingerprint density at radius 2 is 1.69 bits per heavy atom. The van der Waals surface area contributed by atoms with Gasteiger partial charge in [0.05, 0.1) is 13.2 Å². The summed E-state index contributed by atoms with van der Waals surface area (Å²) in [5.74, 6) is 2.47. The maximum atomic E-state index is 6.65. The van der Waals surface area contributed by atoms with Crippen LogP contribution in [-0.4, -0.2) is 26.5 Å². The Balaban J connectivity index is 1.71. The molecule has 1 saturated carbocycles. The highest BCUT2D eigenvalue weighted by Gasteiger charge is 2.39. The van der Waals surface area contributed by atoms with E-state index in [0.29, 0.717) is 6.54 Å². The Bertz CT molecular complexity index is 1140. The Kier molecular flexibility index (Phi) is 7.93. The predicted octanol–water partition coefficient (Wildman–Crippen LogP) is 8.13. The average molecular weight is 505 g/mol. The molecule has 1 aliphatic carbocycles. The van der Waals surface area contributed by atoms with Crippen LogP contribution in [0.4, 0.5) is 11.4 Å². The first-order chi connectivity index (χ1) is 17.2. The fourth-order valence-corrected chi connectivity index (χ4v) is 5.30. The van der Waals surface area contributed by atoms with Crippen LogP contribution >= 0.6 is 0 Å². The van der Waals surface area contributed by atoms with Crippen molar-refractivity contribution in [2.24, 2.45) is 0 Å². The van der Waals surface area contributed by atoms with Crippen molar-refractivity contribution in [2.75, 3.05) is 12.0 Å². The van der Waals surface area contributed by atoms with Crippen LogP contribution in [0.15, 0.2) is 67.0 Å². The number of hydrogen-bond acceptors (Lipinski definition) is 5. The first kappa shape index (κ1) is 26.1. The Morgan fingerprint density at radius 1 is 0.944 bits per heavy atom. The maximum Gasteiger partial charge on any atom is 0.250 e. The third kappa shape index (κ3) is 6.22. The normalized spacial score (nSPS) is 14.5. The fourth-order valence-electron chi connectivity index (χ4n) is 4.28. The van der Waals surface area contributed by atoms with E-state index in [0.717, 1.165) is 47.0 Å². The zero-order chi connectivity index (χ0) is 25.8. The molecule has 1 heterocycles. The molecule has 192 valence electrons. The molecule has 0 bridgehead atoms. The van der Waals surface area contributed by atoms with Gasteiger partial charge in [0.25, 0.3) is 0 Å². The lowest BCUT2D eigenvalue weighted by Gasteiger charge is -2.36. The number of aromatic nitrogens is 1. The number of ether oxygens (including phenoxy) is 2. The van der Waals surface area contributed by atoms with Crippen LogP contribution < -0.4 is 18.8 Å². The molecule has 0 amide bonds. The number of hydrogen-bond donors (Lipinski definition) is 0. The molecule has 3 aromatic rings. The summed E-state index contributed by atoms with van der Waals surface area (Å²) in [6, 6.07) is 18.7. The van der Waals surface area contributed by atoms with Crippen LogP contribution in [0.3, 0.4) is 0 Å². The lowest BCUT2D eigenvalue weighted by Crippen LogP contribution is -2.43. The van der Waals surface area contributed by atoms with E-state index in [4.69, 9.17) is 13.9 Å². The van der Waals surface area contributed by atoms with Gasteiger partial charge in [-0.1, -0.05) is 32.9 Å². The van der Waals surface area contributed by atoms with Crippen LogP contribution in [0.1, 0.15) is 52.0 Å². The number of anilines is 2. The lowest BCUT2D eigenvalue weighted by atomic mass is 10.1. The minimum atomic E-state index is -1.96. The molecule has 1 fully saturated rings. The molecule has 6 heteroatoms. The first-order valence-electron chi connectivity index (χ1n) is 13.0. The summed E-state index contributed by atoms with van der Waals surface area (Å²) >= 11 is 0. The molecule has 0 atom stereocenters. The van der Waals surface area contributed by atoms with Crippen molar-refractivity contribution in [3.8, 4) is 17.2 Å². The Labute approximate surface area is 217 Å². The van der Waals surface area contributed by atoms with E-state index in [1.165, 1.54) is 12.8 Å². The Hall–Kier alpha value is -2.99. The fraction of sp³-hybridized carbons (Fsp3) is 0.433. The number of benzene rings is 2. The van der Waals surface area contributed by atoms with Crippen molar-refractivity contribution in [1.82, 2.24) is 4.98 Å². The average Bonchev–Trinajstić information content (AvgIpc) is 3.35. The summed E-state index contributed by atoms with van der Waals surface area (Å²) in [5, 5.41) is 0.126. The highest BCUT2D eigenvalue weighted by Crippen LogP contribution is 2.40. The molecule has 1 aromatic heterocycles. The summed E-state index contributed by atoms with van der Waals surface area (Å²) in [6.45, 7) is 12.0. The van der Waals surface area contributed by atoms with Crippen LogP contribution in [0.2, 0.25) is 18.1 Å². The van der Waals surface area contributed by atoms with Crippen molar-refractivity contribution in [3.63, 3.8) is 0 Å². The third-order valence-corrected chi connectivity index (χ3v) is 11.8. The summed E-state index contributed by atoms with van der Waals surface area (Å²) < 4.78 is 18.7. The van der Waals surface area contributed by atoms with Crippen molar-refractivity contribution in [2.45, 2.75) is 77.2 Å². The van der Waals surface area contributed by atoms with Gasteiger partial charge in [0, 0.05) is 42.4 Å². The molecule has 4 rings (SSSR count). The molecule has 1 aliphatic rings. The molecule has 0 N–H and O–H groups in total. The summed E-state index contributed by atoms with van der Waals surface area (Å²) in [4.78, 5) is 6.63. The van der Waals surface area contributed by atoms with E-state index in [1.54, 1.807) is 7.11 Å². The molecular formula is C30H40N2O3Si. The molecule has 5 nitrogen and oxygen atoms in total. The van der Waals surface area contributed by atoms with Gasteiger partial charge < -0.3 is 18.8 Å². The topological polar surface area (TPSA) is 43.8 Å². The van der Waals surface area contributed by atoms with Gasteiger partial charge in [0.2, 0.25) is 8.32 Å². The van der Waals surface area contributed by atoms with Gasteiger partial charge in [0.1, 0.15) is 5.75 Å². The number of rotatable bonds is 9. The number of nitrogens with zero attached hydrogens (tertiary/aromatic N) is 2. The summed E-state index contributed by atoms with van der Waals surface area (Å²) in [6.07, 6.45) is 8.62. The predicted molar refractivity (Wildman–Crippen MR) is 150 cm³/mol. The van der Waals surface area contributed by atoms with Crippen molar-refractivity contribution in [1.29, 1.82) is 0 Å². The van der Waals surface area contributed by atoms with E-state index >= 15 is 0 Å². The molecule has 2 aromatic carbocycles. The van der Waals surface area contributed by atoms with Gasteiger partial charge in [-0.3, -0.25) is 4.98 Å². The molecule has 0 spiro atoms. The van der Waals surface area contributed by atoms with Gasteiger partial charge >= 0.3 is 0 Å². The van der Waals surface area contributed by atoms with Crippen molar-refractivity contribution >= 4 is 19.7 Å². The minimum Gasteiger partial charge on any atom is -0.543 e. The maximum absolute atomic E-state index is 6.65. The second kappa shape index (κ2) is 11.0. The second-order valence-electron chi connectivity index (χ2n) is 11.2. The van der Waals surface area contributed by atoms with Gasteiger partial charge in [-0.15, -0.1) is 0 Å². The van der Waals surface area contributed by atoms with E-state index in [-0.39, 0.29) is 11.1 Å². The molecule has 0 aliphatic heterocycles. The zero-order valence-corrected chi connectivity index (χ0v) is 23.6. The largest absolute Gasteiger partial charge is 0.543 e. The lowest BCUT2D eigenvalue weighted by molar-refractivity contribution is 0.201. The van der Waals surface area contributed by atoms with Crippen LogP contribution in [-0.2, 0) is 6.54 Å². The number of pyridine rings is 1. The van der Waals surface area contributed by atoms with E-state index in [1.807, 2.05) is 24.5 Å². The molecule has 36 heavy (non-hydrogen) atoms. The quantitative estimate of drug-likeness (QED) is 0.275. The smallest absolute Gasteiger partial charge is 0.250 e. The molecule has 0 unspecified atom stereocenters. The van der Waals surface area contributed by atoms with E-state index in [9.17, 15) is 0 Å². The van der Waals surface area contributed by atoms with Gasteiger partial charge in [0.15, 0.2) is 11.5 Å². The van der Waals surface area contributed by atoms with E-state index < -0.39 is 8.32 Å². The van der Waals surface area contributed by atoms with Gasteiger partial charge in [-0.05, 0) is 79.7 Å². The van der Waals surface area contributed by atoms with Gasteiger partial charge in [-0.2, -0.15) is 0 Å². The molecule has 0 radical (unpaired) electrons. The summed E-state index contributed by atoms with van der Waals surface area (Å²) in [7, 11) is -0.264. The van der Waals surface area contributed by atoms with Crippen molar-refractivity contribution < 1.29 is 13.9 Å². The molecular weight excluding hydrogens is 464 g/mol. The third-order valence-electron chi connectivity index (χ3n) is 7.43. The van der Waals surface area contributed by atoms with E-state index in [2.05, 4.69) is 86.2 Å². The highest BCUT2D eigenvalue weighted by atomic mass is 28.4. The van der Waals surface area contributed by atoms with Gasteiger partial charge in [-0.25, -0.2) is 0 Å². The van der Waals surface area contributed by atoms with Crippen LogP contribution in [0.25, 0.3) is 0 Å². The minimum absolute atomic E-state index is 0.126. The highest BCUT2D eigenvalue weighted by molar-refractivity contribution is 6.74. The summed E-state index contributed by atoms with van der Waals surface area (Å²) in [5.41, 5.74) is 3.23. The van der Waals surface area contributed by atoms with Crippen LogP contribution in [0.5, 0.6) is 17.2 Å².